The summed E-state index contributed by atoms with van der Waals surface area (Å²) in [4.78, 5) is 17.0. The minimum absolute atomic E-state index is 0.0488. The highest BCUT2D eigenvalue weighted by Crippen LogP contribution is 2.28. The summed E-state index contributed by atoms with van der Waals surface area (Å²) >= 11 is 1.39. The molecule has 0 N–H and O–H groups in total. The van der Waals surface area contributed by atoms with E-state index in [1.54, 1.807) is 12.4 Å². The molecule has 0 unspecified atom stereocenters. The lowest BCUT2D eigenvalue weighted by Crippen LogP contribution is -2.05. The van der Waals surface area contributed by atoms with Crippen molar-refractivity contribution in [3.8, 4) is 28.2 Å². The Labute approximate surface area is 196 Å². The van der Waals surface area contributed by atoms with Crippen LogP contribution in [0.2, 0.25) is 0 Å². The van der Waals surface area contributed by atoms with Crippen LogP contribution >= 0.6 is 11.8 Å². The largest absolute Gasteiger partial charge is 0.293 e. The zero-order valence-corrected chi connectivity index (χ0v) is 18.5. The molecule has 2 aromatic heterocycles. The molecule has 2 heterocycles. The SMILES string of the molecule is O=C(CSc1nnc(-c2ccncc2)n1-c1ccccc1)c1ccc(-c2ccccc2)cc1. The second-order valence-corrected chi connectivity index (χ2v) is 8.31. The average Bonchev–Trinajstić information content (AvgIpc) is 3.33. The number of carbonyl (C=O) groups is 1. The zero-order chi connectivity index (χ0) is 22.5. The zero-order valence-electron chi connectivity index (χ0n) is 17.7. The topological polar surface area (TPSA) is 60.7 Å². The molecule has 0 saturated carbocycles. The predicted octanol–water partition coefficient (Wildman–Crippen LogP) is 5.97. The molecule has 0 aliphatic heterocycles. The summed E-state index contributed by atoms with van der Waals surface area (Å²) in [6.07, 6.45) is 3.46. The third-order valence-corrected chi connectivity index (χ3v) is 6.16. The van der Waals surface area contributed by atoms with Crippen LogP contribution in [0.4, 0.5) is 0 Å². The molecule has 0 amide bonds. The van der Waals surface area contributed by atoms with E-state index in [1.165, 1.54) is 11.8 Å². The van der Waals surface area contributed by atoms with Gasteiger partial charge in [-0.1, -0.05) is 84.6 Å². The fourth-order valence-corrected chi connectivity index (χ4v) is 4.40. The van der Waals surface area contributed by atoms with Crippen LogP contribution in [-0.2, 0) is 0 Å². The highest BCUT2D eigenvalue weighted by atomic mass is 32.2. The third-order valence-electron chi connectivity index (χ3n) is 5.23. The molecule has 0 aliphatic carbocycles. The van der Waals surface area contributed by atoms with Gasteiger partial charge in [0, 0.05) is 29.2 Å². The predicted molar refractivity (Wildman–Crippen MR) is 132 cm³/mol. The van der Waals surface area contributed by atoms with E-state index in [2.05, 4.69) is 27.3 Å². The summed E-state index contributed by atoms with van der Waals surface area (Å²) in [6.45, 7) is 0. The van der Waals surface area contributed by atoms with Crippen molar-refractivity contribution in [2.75, 3.05) is 5.75 Å². The van der Waals surface area contributed by atoms with Crippen molar-refractivity contribution >= 4 is 17.5 Å². The van der Waals surface area contributed by atoms with Gasteiger partial charge in [-0.05, 0) is 35.4 Å². The summed E-state index contributed by atoms with van der Waals surface area (Å²) in [5.41, 5.74) is 4.76. The molecule has 0 bridgehead atoms. The molecule has 160 valence electrons. The third kappa shape index (κ3) is 4.61. The fraction of sp³-hybridized carbons (Fsp3) is 0.0370. The number of Topliss-reactive ketones (excluding diaryl/α,β-unsaturated/α-hetero) is 1. The van der Waals surface area contributed by atoms with Crippen molar-refractivity contribution in [3.05, 3.63) is 115 Å². The Morgan fingerprint density at radius 2 is 1.33 bits per heavy atom. The normalized spacial score (nSPS) is 10.8. The van der Waals surface area contributed by atoms with E-state index in [0.29, 0.717) is 16.5 Å². The molecular weight excluding hydrogens is 428 g/mol. The standard InChI is InChI=1S/C27H20N4OS/c32-25(22-13-11-21(12-14-22)20-7-3-1-4-8-20)19-33-27-30-29-26(23-15-17-28-18-16-23)31(27)24-9-5-2-6-10-24/h1-18H,19H2. The van der Waals surface area contributed by atoms with Crippen LogP contribution < -0.4 is 0 Å². The Balaban J connectivity index is 1.37. The van der Waals surface area contributed by atoms with Gasteiger partial charge in [0.05, 0.1) is 5.75 Å². The number of pyridine rings is 1. The number of para-hydroxylation sites is 1. The first-order valence-electron chi connectivity index (χ1n) is 10.5. The summed E-state index contributed by atoms with van der Waals surface area (Å²) in [6, 6.07) is 31.6. The lowest BCUT2D eigenvalue weighted by Gasteiger charge is -2.10. The molecule has 5 nitrogen and oxygen atoms in total. The first-order valence-corrected chi connectivity index (χ1v) is 11.5. The van der Waals surface area contributed by atoms with E-state index < -0.39 is 0 Å². The van der Waals surface area contributed by atoms with Crippen LogP contribution in [0.3, 0.4) is 0 Å². The van der Waals surface area contributed by atoms with E-state index in [9.17, 15) is 4.79 Å². The van der Waals surface area contributed by atoms with Gasteiger partial charge >= 0.3 is 0 Å². The van der Waals surface area contributed by atoms with Crippen LogP contribution in [0, 0.1) is 0 Å². The van der Waals surface area contributed by atoms with Crippen molar-refractivity contribution in [1.29, 1.82) is 0 Å². The lowest BCUT2D eigenvalue weighted by molar-refractivity contribution is 0.102. The molecule has 33 heavy (non-hydrogen) atoms. The number of hydrogen-bond acceptors (Lipinski definition) is 5. The molecule has 0 aliphatic rings. The molecule has 0 spiro atoms. The van der Waals surface area contributed by atoms with Crippen LogP contribution in [0.15, 0.2) is 115 Å². The van der Waals surface area contributed by atoms with Crippen LogP contribution in [0.5, 0.6) is 0 Å². The number of aromatic nitrogens is 4. The molecule has 5 aromatic rings. The maximum Gasteiger partial charge on any atom is 0.196 e. The van der Waals surface area contributed by atoms with E-state index in [-0.39, 0.29) is 11.5 Å². The van der Waals surface area contributed by atoms with Gasteiger partial charge in [-0.25, -0.2) is 0 Å². The number of rotatable bonds is 7. The van der Waals surface area contributed by atoms with Crippen LogP contribution in [-0.4, -0.2) is 31.3 Å². The molecular formula is C27H20N4OS. The highest BCUT2D eigenvalue weighted by Gasteiger charge is 2.17. The van der Waals surface area contributed by atoms with Crippen molar-refractivity contribution in [2.45, 2.75) is 5.16 Å². The summed E-state index contributed by atoms with van der Waals surface area (Å²) in [7, 11) is 0. The Kier molecular flexibility index (Phi) is 6.08. The average molecular weight is 449 g/mol. The summed E-state index contributed by atoms with van der Waals surface area (Å²) in [5, 5.41) is 9.47. The Morgan fingerprint density at radius 1 is 0.697 bits per heavy atom. The molecule has 6 heteroatoms. The maximum atomic E-state index is 12.9. The van der Waals surface area contributed by atoms with Crippen molar-refractivity contribution in [1.82, 2.24) is 19.7 Å². The molecule has 3 aromatic carbocycles. The van der Waals surface area contributed by atoms with E-state index in [0.717, 1.165) is 22.4 Å². The Bertz CT molecular complexity index is 1350. The number of carbonyl (C=O) groups excluding carboxylic acids is 1. The number of nitrogens with zero attached hydrogens (tertiary/aromatic N) is 4. The van der Waals surface area contributed by atoms with Gasteiger partial charge in [0.2, 0.25) is 0 Å². The minimum Gasteiger partial charge on any atom is -0.293 e. The maximum absolute atomic E-state index is 12.9. The molecule has 5 rings (SSSR count). The van der Waals surface area contributed by atoms with Crippen LogP contribution in [0.1, 0.15) is 10.4 Å². The highest BCUT2D eigenvalue weighted by molar-refractivity contribution is 7.99. The van der Waals surface area contributed by atoms with Gasteiger partial charge in [-0.3, -0.25) is 14.3 Å². The lowest BCUT2D eigenvalue weighted by atomic mass is 10.0. The Morgan fingerprint density at radius 3 is 2.03 bits per heavy atom. The van der Waals surface area contributed by atoms with Crippen molar-refractivity contribution in [3.63, 3.8) is 0 Å². The van der Waals surface area contributed by atoms with Gasteiger partial charge < -0.3 is 0 Å². The molecule has 0 radical (unpaired) electrons. The number of ketones is 1. The second-order valence-electron chi connectivity index (χ2n) is 7.37. The molecule has 0 fully saturated rings. The van der Waals surface area contributed by atoms with Gasteiger partial charge in [-0.15, -0.1) is 10.2 Å². The number of benzene rings is 3. The second kappa shape index (κ2) is 9.63. The van der Waals surface area contributed by atoms with Gasteiger partial charge in [0.25, 0.3) is 0 Å². The first kappa shape index (κ1) is 20.8. The summed E-state index contributed by atoms with van der Waals surface area (Å²) in [5.74, 6) is 1.03. The molecule has 0 atom stereocenters. The van der Waals surface area contributed by atoms with E-state index in [1.807, 2.05) is 89.5 Å². The van der Waals surface area contributed by atoms with Gasteiger partial charge in [0.15, 0.2) is 16.8 Å². The Hall–Kier alpha value is -4.03. The van der Waals surface area contributed by atoms with Gasteiger partial charge in [0.1, 0.15) is 0 Å². The van der Waals surface area contributed by atoms with E-state index >= 15 is 0 Å². The molecule has 0 saturated heterocycles. The monoisotopic (exact) mass is 448 g/mol. The van der Waals surface area contributed by atoms with Crippen molar-refractivity contribution in [2.24, 2.45) is 0 Å². The quantitative estimate of drug-likeness (QED) is 0.227. The number of hydrogen-bond donors (Lipinski definition) is 0. The smallest absolute Gasteiger partial charge is 0.196 e. The summed E-state index contributed by atoms with van der Waals surface area (Å²) < 4.78 is 1.98. The first-order chi connectivity index (χ1) is 16.3. The van der Waals surface area contributed by atoms with E-state index in [4.69, 9.17) is 0 Å². The fourth-order valence-electron chi connectivity index (χ4n) is 3.55. The number of thioether (sulfide) groups is 1. The minimum atomic E-state index is 0.0488. The van der Waals surface area contributed by atoms with Crippen LogP contribution in [0.25, 0.3) is 28.2 Å². The van der Waals surface area contributed by atoms with Gasteiger partial charge in [-0.2, -0.15) is 0 Å². The van der Waals surface area contributed by atoms with Crippen molar-refractivity contribution < 1.29 is 4.79 Å².